The molecule has 2 heterocycles. The van der Waals surface area contributed by atoms with Crippen LogP contribution < -0.4 is 0 Å². The molecule has 1 fully saturated rings. The third-order valence-electron chi connectivity index (χ3n) is 3.94. The molecule has 0 N–H and O–H groups in total. The summed E-state index contributed by atoms with van der Waals surface area (Å²) in [5.41, 5.74) is 2.74. The summed E-state index contributed by atoms with van der Waals surface area (Å²) in [5, 5.41) is 1.34. The van der Waals surface area contributed by atoms with Crippen LogP contribution in [0.15, 0.2) is 28.7 Å². The summed E-state index contributed by atoms with van der Waals surface area (Å²) in [5.74, 6) is 0. The maximum Gasteiger partial charge on any atom is 0.0491 e. The molecule has 2 nitrogen and oxygen atoms in total. The molecule has 1 saturated heterocycles. The maximum absolute atomic E-state index is 3.55. The number of halogens is 1. The van der Waals surface area contributed by atoms with Gasteiger partial charge in [-0.1, -0.05) is 28.4 Å². The standard InChI is InChI=1S/C15H19BrN2/c1-17-14(11-18-7-3-2-4-8-18)9-12-5-6-13(16)10-15(12)17/h5-6,9-10H,2-4,7-8,11H2,1H3. The van der Waals surface area contributed by atoms with Crippen molar-refractivity contribution in [3.8, 4) is 0 Å². The Bertz CT molecular complexity index is 553. The van der Waals surface area contributed by atoms with Crippen molar-refractivity contribution >= 4 is 26.8 Å². The van der Waals surface area contributed by atoms with Gasteiger partial charge < -0.3 is 4.57 Å². The van der Waals surface area contributed by atoms with Gasteiger partial charge in [0.1, 0.15) is 0 Å². The predicted molar refractivity (Wildman–Crippen MR) is 79.7 cm³/mol. The Balaban J connectivity index is 1.89. The van der Waals surface area contributed by atoms with Crippen LogP contribution in [0.2, 0.25) is 0 Å². The molecule has 0 unspecified atom stereocenters. The number of aromatic nitrogens is 1. The topological polar surface area (TPSA) is 8.17 Å². The molecule has 0 atom stereocenters. The Morgan fingerprint density at radius 3 is 2.67 bits per heavy atom. The molecule has 96 valence electrons. The van der Waals surface area contributed by atoms with E-state index in [0.717, 1.165) is 11.0 Å². The molecule has 3 heteroatoms. The van der Waals surface area contributed by atoms with Crippen LogP contribution in [-0.2, 0) is 13.6 Å². The number of aryl methyl sites for hydroxylation is 1. The van der Waals surface area contributed by atoms with E-state index in [4.69, 9.17) is 0 Å². The molecule has 1 aromatic carbocycles. The normalized spacial score (nSPS) is 17.4. The van der Waals surface area contributed by atoms with Crippen LogP contribution >= 0.6 is 15.9 Å². The first-order chi connectivity index (χ1) is 8.74. The molecule has 0 aliphatic carbocycles. The zero-order valence-corrected chi connectivity index (χ0v) is 12.4. The molecular weight excluding hydrogens is 288 g/mol. The van der Waals surface area contributed by atoms with Crippen LogP contribution in [0.4, 0.5) is 0 Å². The van der Waals surface area contributed by atoms with Gasteiger partial charge in [0.25, 0.3) is 0 Å². The van der Waals surface area contributed by atoms with Crippen molar-refractivity contribution in [1.82, 2.24) is 9.47 Å². The maximum atomic E-state index is 3.55. The minimum absolute atomic E-state index is 1.09. The van der Waals surface area contributed by atoms with Gasteiger partial charge in [-0.15, -0.1) is 0 Å². The molecule has 0 radical (unpaired) electrons. The van der Waals surface area contributed by atoms with Crippen LogP contribution in [0, 0.1) is 0 Å². The van der Waals surface area contributed by atoms with Gasteiger partial charge in [-0.25, -0.2) is 0 Å². The summed E-state index contributed by atoms with van der Waals surface area (Å²) in [4.78, 5) is 2.58. The lowest BCUT2D eigenvalue weighted by Gasteiger charge is -2.26. The lowest BCUT2D eigenvalue weighted by Crippen LogP contribution is -2.29. The number of hydrogen-bond acceptors (Lipinski definition) is 1. The van der Waals surface area contributed by atoms with E-state index in [1.54, 1.807) is 0 Å². The molecule has 2 aromatic rings. The van der Waals surface area contributed by atoms with E-state index in [2.05, 4.69) is 56.7 Å². The Kier molecular flexibility index (Phi) is 3.44. The molecule has 0 saturated carbocycles. The largest absolute Gasteiger partial charge is 0.346 e. The van der Waals surface area contributed by atoms with Crippen LogP contribution in [-0.4, -0.2) is 22.6 Å². The molecule has 0 spiro atoms. The van der Waals surface area contributed by atoms with E-state index < -0.39 is 0 Å². The SMILES string of the molecule is Cn1c(CN2CCCCC2)cc2ccc(Br)cc21. The number of piperidine rings is 1. The van der Waals surface area contributed by atoms with Crippen LogP contribution in [0.5, 0.6) is 0 Å². The smallest absolute Gasteiger partial charge is 0.0491 e. The van der Waals surface area contributed by atoms with Crippen molar-refractivity contribution in [1.29, 1.82) is 0 Å². The molecule has 1 aromatic heterocycles. The first-order valence-corrected chi connectivity index (χ1v) is 7.49. The summed E-state index contributed by atoms with van der Waals surface area (Å²) in [6, 6.07) is 8.84. The Labute approximate surface area is 117 Å². The fourth-order valence-electron chi connectivity index (χ4n) is 2.86. The lowest BCUT2D eigenvalue weighted by molar-refractivity contribution is 0.217. The van der Waals surface area contributed by atoms with Gasteiger partial charge in [-0.2, -0.15) is 0 Å². The van der Waals surface area contributed by atoms with Gasteiger partial charge in [0.15, 0.2) is 0 Å². The van der Waals surface area contributed by atoms with Gasteiger partial charge in [0.05, 0.1) is 0 Å². The van der Waals surface area contributed by atoms with Gasteiger partial charge >= 0.3 is 0 Å². The minimum atomic E-state index is 1.09. The summed E-state index contributed by atoms with van der Waals surface area (Å²) < 4.78 is 3.48. The number of hydrogen-bond donors (Lipinski definition) is 0. The molecular formula is C15H19BrN2. The molecule has 0 bridgehead atoms. The fraction of sp³-hybridized carbons (Fsp3) is 0.467. The van der Waals surface area contributed by atoms with E-state index >= 15 is 0 Å². The Hall–Kier alpha value is -0.800. The molecule has 1 aliphatic heterocycles. The lowest BCUT2D eigenvalue weighted by atomic mass is 10.1. The van der Waals surface area contributed by atoms with E-state index in [-0.39, 0.29) is 0 Å². The average Bonchev–Trinajstić information content (AvgIpc) is 2.68. The van der Waals surface area contributed by atoms with Crippen molar-refractivity contribution in [2.24, 2.45) is 7.05 Å². The third-order valence-corrected chi connectivity index (χ3v) is 4.43. The van der Waals surface area contributed by atoms with Crippen molar-refractivity contribution in [3.63, 3.8) is 0 Å². The molecule has 1 aliphatic rings. The van der Waals surface area contributed by atoms with Gasteiger partial charge in [0, 0.05) is 29.3 Å². The number of likely N-dealkylation sites (tertiary alicyclic amines) is 1. The highest BCUT2D eigenvalue weighted by molar-refractivity contribution is 9.10. The first kappa shape index (κ1) is 12.2. The molecule has 3 rings (SSSR count). The predicted octanol–water partition coefficient (Wildman–Crippen LogP) is 3.93. The van der Waals surface area contributed by atoms with Gasteiger partial charge in [-0.05, 0) is 49.5 Å². The zero-order valence-electron chi connectivity index (χ0n) is 10.8. The summed E-state index contributed by atoms with van der Waals surface area (Å²) in [6.07, 6.45) is 4.11. The second-order valence-corrected chi connectivity index (χ2v) is 6.15. The molecule has 18 heavy (non-hydrogen) atoms. The quantitative estimate of drug-likeness (QED) is 0.816. The fourth-order valence-corrected chi connectivity index (χ4v) is 3.21. The van der Waals surface area contributed by atoms with Crippen molar-refractivity contribution in [3.05, 3.63) is 34.4 Å². The van der Waals surface area contributed by atoms with E-state index in [1.165, 1.54) is 48.9 Å². The summed E-state index contributed by atoms with van der Waals surface area (Å²) >= 11 is 3.55. The number of nitrogens with zero attached hydrogens (tertiary/aromatic N) is 2. The number of benzene rings is 1. The second kappa shape index (κ2) is 5.06. The zero-order chi connectivity index (χ0) is 12.5. The number of rotatable bonds is 2. The molecule has 0 amide bonds. The van der Waals surface area contributed by atoms with Crippen molar-refractivity contribution < 1.29 is 0 Å². The summed E-state index contributed by atoms with van der Waals surface area (Å²) in [6.45, 7) is 3.60. The average molecular weight is 307 g/mol. The highest BCUT2D eigenvalue weighted by Gasteiger charge is 2.13. The van der Waals surface area contributed by atoms with E-state index in [9.17, 15) is 0 Å². The van der Waals surface area contributed by atoms with E-state index in [0.29, 0.717) is 0 Å². The van der Waals surface area contributed by atoms with Gasteiger partial charge in [0.2, 0.25) is 0 Å². The minimum Gasteiger partial charge on any atom is -0.346 e. The Morgan fingerprint density at radius 2 is 1.89 bits per heavy atom. The monoisotopic (exact) mass is 306 g/mol. The van der Waals surface area contributed by atoms with Crippen molar-refractivity contribution in [2.75, 3.05) is 13.1 Å². The van der Waals surface area contributed by atoms with Crippen LogP contribution in [0.25, 0.3) is 10.9 Å². The second-order valence-electron chi connectivity index (χ2n) is 5.23. The first-order valence-electron chi connectivity index (χ1n) is 6.70. The Morgan fingerprint density at radius 1 is 1.11 bits per heavy atom. The summed E-state index contributed by atoms with van der Waals surface area (Å²) in [7, 11) is 2.17. The van der Waals surface area contributed by atoms with Crippen LogP contribution in [0.3, 0.4) is 0 Å². The van der Waals surface area contributed by atoms with E-state index in [1.807, 2.05) is 0 Å². The number of fused-ring (bicyclic) bond motifs is 1. The van der Waals surface area contributed by atoms with Crippen LogP contribution in [0.1, 0.15) is 25.0 Å². The van der Waals surface area contributed by atoms with Gasteiger partial charge in [-0.3, -0.25) is 4.90 Å². The van der Waals surface area contributed by atoms with Crippen molar-refractivity contribution in [2.45, 2.75) is 25.8 Å². The third kappa shape index (κ3) is 2.34. The highest BCUT2D eigenvalue weighted by Crippen LogP contribution is 2.24. The highest BCUT2D eigenvalue weighted by atomic mass is 79.9.